The van der Waals surface area contributed by atoms with Crippen LogP contribution in [0.5, 0.6) is 0 Å². The van der Waals surface area contributed by atoms with E-state index in [1.54, 1.807) is 18.3 Å². The number of rotatable bonds is 4. The molecule has 158 valence electrons. The SMILES string of the molecule is CC(C)(c1cccc(-c2ccc(F)nc2F)n1)c1cccc(-c2n[nH]c3cccnc23)n1. The average molecular weight is 428 g/mol. The molecule has 6 nitrogen and oxygen atoms in total. The van der Waals surface area contributed by atoms with E-state index in [0.717, 1.165) is 22.8 Å². The van der Waals surface area contributed by atoms with Crippen molar-refractivity contribution in [2.24, 2.45) is 0 Å². The van der Waals surface area contributed by atoms with Crippen LogP contribution in [0.15, 0.2) is 66.9 Å². The number of pyridine rings is 4. The molecule has 5 heterocycles. The Balaban J connectivity index is 1.56. The van der Waals surface area contributed by atoms with E-state index in [9.17, 15) is 8.78 Å². The molecule has 1 N–H and O–H groups in total. The number of nitrogens with one attached hydrogen (secondary N) is 1. The summed E-state index contributed by atoms with van der Waals surface area (Å²) >= 11 is 0. The maximum atomic E-state index is 14.2. The van der Waals surface area contributed by atoms with Gasteiger partial charge in [-0.05, 0) is 62.4 Å². The highest BCUT2D eigenvalue weighted by atomic mass is 19.1. The Morgan fingerprint density at radius 3 is 2.25 bits per heavy atom. The minimum atomic E-state index is -0.898. The first kappa shape index (κ1) is 19.9. The molecule has 0 amide bonds. The van der Waals surface area contributed by atoms with Gasteiger partial charge in [-0.25, -0.2) is 0 Å². The van der Waals surface area contributed by atoms with Crippen LogP contribution in [0.3, 0.4) is 0 Å². The third-order valence-electron chi connectivity index (χ3n) is 5.43. The van der Waals surface area contributed by atoms with Gasteiger partial charge in [-0.15, -0.1) is 0 Å². The van der Waals surface area contributed by atoms with Gasteiger partial charge in [-0.3, -0.25) is 20.1 Å². The summed E-state index contributed by atoms with van der Waals surface area (Å²) in [6, 6.07) is 17.2. The number of hydrogen-bond acceptors (Lipinski definition) is 5. The van der Waals surface area contributed by atoms with E-state index < -0.39 is 17.3 Å². The molecule has 0 aliphatic heterocycles. The number of aromatic nitrogens is 6. The fraction of sp³-hybridized carbons (Fsp3) is 0.125. The van der Waals surface area contributed by atoms with Crippen molar-refractivity contribution in [3.63, 3.8) is 0 Å². The molecule has 0 radical (unpaired) electrons. The predicted octanol–water partition coefficient (Wildman–Crippen LogP) is 5.08. The van der Waals surface area contributed by atoms with Crippen molar-refractivity contribution in [3.05, 3.63) is 90.1 Å². The van der Waals surface area contributed by atoms with Crippen molar-refractivity contribution in [3.8, 4) is 22.6 Å². The van der Waals surface area contributed by atoms with E-state index >= 15 is 0 Å². The lowest BCUT2D eigenvalue weighted by Gasteiger charge is -2.24. The van der Waals surface area contributed by atoms with Gasteiger partial charge in [0.1, 0.15) is 11.2 Å². The van der Waals surface area contributed by atoms with Gasteiger partial charge in [0, 0.05) is 11.6 Å². The first-order chi connectivity index (χ1) is 15.4. The smallest absolute Gasteiger partial charge is 0.224 e. The van der Waals surface area contributed by atoms with Crippen molar-refractivity contribution in [1.29, 1.82) is 0 Å². The summed E-state index contributed by atoms with van der Waals surface area (Å²) in [4.78, 5) is 17.2. The van der Waals surface area contributed by atoms with Gasteiger partial charge in [0.15, 0.2) is 0 Å². The standard InChI is InChI=1S/C24H18F2N6/c1-24(2,18-9-3-6-15(28-18)14-11-12-20(25)30-23(14)26)19-10-4-7-16(29-19)22-21-17(31-32-22)8-5-13-27-21/h3-13H,1-2H3,(H,31,32). The Bertz CT molecular complexity index is 1440. The first-order valence-corrected chi connectivity index (χ1v) is 10.0. The molecule has 5 aromatic heterocycles. The van der Waals surface area contributed by atoms with Crippen LogP contribution in [0.4, 0.5) is 8.78 Å². The van der Waals surface area contributed by atoms with Crippen molar-refractivity contribution >= 4 is 11.0 Å². The van der Waals surface area contributed by atoms with Crippen LogP contribution in [0.25, 0.3) is 33.7 Å². The van der Waals surface area contributed by atoms with Crippen LogP contribution >= 0.6 is 0 Å². The molecule has 0 aliphatic rings. The van der Waals surface area contributed by atoms with E-state index in [0.29, 0.717) is 22.8 Å². The molecule has 0 saturated heterocycles. The molecule has 5 rings (SSSR count). The molecule has 0 saturated carbocycles. The van der Waals surface area contributed by atoms with Crippen LogP contribution in [-0.2, 0) is 5.41 Å². The molecule has 0 bridgehead atoms. The van der Waals surface area contributed by atoms with E-state index in [4.69, 9.17) is 4.98 Å². The topological polar surface area (TPSA) is 80.2 Å². The fourth-order valence-corrected chi connectivity index (χ4v) is 3.61. The second-order valence-corrected chi connectivity index (χ2v) is 7.89. The van der Waals surface area contributed by atoms with Crippen LogP contribution < -0.4 is 0 Å². The normalized spacial score (nSPS) is 11.8. The third-order valence-corrected chi connectivity index (χ3v) is 5.43. The lowest BCUT2D eigenvalue weighted by atomic mass is 9.84. The van der Waals surface area contributed by atoms with Crippen LogP contribution in [0, 0.1) is 11.9 Å². The largest absolute Gasteiger partial charge is 0.275 e. The molecule has 0 unspecified atom stereocenters. The summed E-state index contributed by atoms with van der Waals surface area (Å²) in [6.07, 6.45) is 1.72. The van der Waals surface area contributed by atoms with Gasteiger partial charge in [-0.1, -0.05) is 12.1 Å². The molecule has 0 aliphatic carbocycles. The van der Waals surface area contributed by atoms with Gasteiger partial charge in [0.25, 0.3) is 0 Å². The predicted molar refractivity (Wildman–Crippen MR) is 117 cm³/mol. The second kappa shape index (κ2) is 7.56. The highest BCUT2D eigenvalue weighted by Crippen LogP contribution is 2.32. The van der Waals surface area contributed by atoms with Gasteiger partial charge >= 0.3 is 0 Å². The fourth-order valence-electron chi connectivity index (χ4n) is 3.61. The van der Waals surface area contributed by atoms with Crippen molar-refractivity contribution < 1.29 is 8.78 Å². The lowest BCUT2D eigenvalue weighted by molar-refractivity contribution is 0.514. The molecule has 5 aromatic rings. The van der Waals surface area contributed by atoms with Crippen molar-refractivity contribution in [2.45, 2.75) is 19.3 Å². The Hall–Kier alpha value is -4.07. The molecular weight excluding hydrogens is 410 g/mol. The quantitative estimate of drug-likeness (QED) is 0.404. The Labute approximate surface area is 182 Å². The summed E-state index contributed by atoms with van der Waals surface area (Å²) in [5, 5.41) is 7.37. The minimum Gasteiger partial charge on any atom is -0.275 e. The third kappa shape index (κ3) is 3.39. The van der Waals surface area contributed by atoms with Gasteiger partial charge in [0.2, 0.25) is 11.9 Å². The highest BCUT2D eigenvalue weighted by Gasteiger charge is 2.28. The summed E-state index contributed by atoms with van der Waals surface area (Å²) in [7, 11) is 0. The number of nitrogens with zero attached hydrogens (tertiary/aromatic N) is 5. The van der Waals surface area contributed by atoms with Gasteiger partial charge < -0.3 is 0 Å². The molecule has 32 heavy (non-hydrogen) atoms. The maximum absolute atomic E-state index is 14.2. The monoisotopic (exact) mass is 428 g/mol. The number of halogens is 2. The first-order valence-electron chi connectivity index (χ1n) is 10.0. The zero-order valence-corrected chi connectivity index (χ0v) is 17.3. The summed E-state index contributed by atoms with van der Waals surface area (Å²) in [6.45, 7) is 3.98. The molecular formula is C24H18F2N6. The molecule has 0 spiro atoms. The average Bonchev–Trinajstić information content (AvgIpc) is 3.23. The zero-order valence-electron chi connectivity index (χ0n) is 17.3. The van der Waals surface area contributed by atoms with Gasteiger partial charge in [-0.2, -0.15) is 18.9 Å². The number of fused-ring (bicyclic) bond motifs is 1. The Morgan fingerprint density at radius 1 is 0.781 bits per heavy atom. The van der Waals surface area contributed by atoms with E-state index in [1.165, 1.54) is 6.07 Å². The lowest BCUT2D eigenvalue weighted by Crippen LogP contribution is -2.22. The zero-order chi connectivity index (χ0) is 22.3. The van der Waals surface area contributed by atoms with Crippen molar-refractivity contribution in [2.75, 3.05) is 0 Å². The highest BCUT2D eigenvalue weighted by molar-refractivity contribution is 5.88. The molecule has 8 heteroatoms. The number of aromatic amines is 1. The number of hydrogen-bond donors (Lipinski definition) is 1. The summed E-state index contributed by atoms with van der Waals surface area (Å²) in [5.41, 5.74) is 4.30. The van der Waals surface area contributed by atoms with Crippen LogP contribution in [0.2, 0.25) is 0 Å². The van der Waals surface area contributed by atoms with E-state index in [-0.39, 0.29) is 5.56 Å². The summed E-state index contributed by atoms with van der Waals surface area (Å²) in [5.74, 6) is -1.77. The summed E-state index contributed by atoms with van der Waals surface area (Å²) < 4.78 is 27.4. The minimum absolute atomic E-state index is 0.139. The van der Waals surface area contributed by atoms with E-state index in [1.807, 2.05) is 50.2 Å². The van der Waals surface area contributed by atoms with Crippen LogP contribution in [0.1, 0.15) is 25.2 Å². The van der Waals surface area contributed by atoms with Gasteiger partial charge in [0.05, 0.1) is 33.9 Å². The van der Waals surface area contributed by atoms with Crippen molar-refractivity contribution in [1.82, 2.24) is 30.1 Å². The second-order valence-electron chi connectivity index (χ2n) is 7.89. The molecule has 0 aromatic carbocycles. The molecule has 0 fully saturated rings. The van der Waals surface area contributed by atoms with E-state index in [2.05, 4.69) is 25.1 Å². The molecule has 0 atom stereocenters. The number of H-pyrrole nitrogens is 1. The van der Waals surface area contributed by atoms with Crippen LogP contribution in [-0.4, -0.2) is 30.1 Å². The Morgan fingerprint density at radius 2 is 1.50 bits per heavy atom. The maximum Gasteiger partial charge on any atom is 0.224 e. The Kier molecular flexibility index (Phi) is 4.70.